The van der Waals surface area contributed by atoms with E-state index < -0.39 is 0 Å². The number of ether oxygens (including phenoxy) is 1. The van der Waals surface area contributed by atoms with Gasteiger partial charge >= 0.3 is 0 Å². The zero-order valence-corrected chi connectivity index (χ0v) is 11.8. The number of para-hydroxylation sites is 1. The summed E-state index contributed by atoms with van der Waals surface area (Å²) < 4.78 is 5.33. The number of fused-ring (bicyclic) bond motifs is 1. The van der Waals surface area contributed by atoms with Crippen LogP contribution in [0.4, 0.5) is 11.4 Å². The predicted octanol–water partition coefficient (Wildman–Crippen LogP) is 4.18. The third kappa shape index (κ3) is 2.58. The first-order valence-corrected chi connectivity index (χ1v) is 6.74. The van der Waals surface area contributed by atoms with Gasteiger partial charge in [0.15, 0.2) is 0 Å². The molecule has 0 aliphatic rings. The van der Waals surface area contributed by atoms with Gasteiger partial charge in [-0.1, -0.05) is 36.4 Å². The fourth-order valence-electron chi connectivity index (χ4n) is 2.33. The maximum atomic E-state index is 6.01. The number of aliphatic imine (C=N–C) groups is 1. The highest BCUT2D eigenvalue weighted by Gasteiger charge is 2.03. The fraction of sp³-hybridized carbons (Fsp3) is 0.0556. The number of nitrogens with two attached hydrogens (primary N) is 1. The van der Waals surface area contributed by atoms with Crippen molar-refractivity contribution in [2.24, 2.45) is 4.99 Å². The van der Waals surface area contributed by atoms with E-state index in [1.165, 1.54) is 0 Å². The number of hydrogen-bond donors (Lipinski definition) is 1. The molecule has 0 spiro atoms. The molecule has 0 aliphatic carbocycles. The van der Waals surface area contributed by atoms with E-state index in [4.69, 9.17) is 10.5 Å². The first-order valence-electron chi connectivity index (χ1n) is 6.74. The Morgan fingerprint density at radius 1 is 0.905 bits per heavy atom. The van der Waals surface area contributed by atoms with Crippen LogP contribution in [-0.4, -0.2) is 13.3 Å². The second-order valence-corrected chi connectivity index (χ2v) is 4.72. The molecule has 0 amide bonds. The van der Waals surface area contributed by atoms with Gasteiger partial charge in [-0.05, 0) is 24.3 Å². The smallest absolute Gasteiger partial charge is 0.127 e. The average Bonchev–Trinajstić information content (AvgIpc) is 2.55. The normalized spacial score (nSPS) is 11.1. The summed E-state index contributed by atoms with van der Waals surface area (Å²) in [4.78, 5) is 4.59. The van der Waals surface area contributed by atoms with Crippen molar-refractivity contribution >= 4 is 28.4 Å². The van der Waals surface area contributed by atoms with Crippen LogP contribution in [0.15, 0.2) is 65.7 Å². The van der Waals surface area contributed by atoms with Crippen LogP contribution in [0.3, 0.4) is 0 Å². The molecule has 0 fully saturated rings. The highest BCUT2D eigenvalue weighted by molar-refractivity contribution is 6.01. The highest BCUT2D eigenvalue weighted by atomic mass is 16.5. The Balaban J connectivity index is 2.06. The summed E-state index contributed by atoms with van der Waals surface area (Å²) in [6, 6.07) is 19.6. The molecule has 3 nitrogen and oxygen atoms in total. The van der Waals surface area contributed by atoms with E-state index in [2.05, 4.69) is 4.99 Å². The standard InChI is InChI=1S/C18H16N2O/c1-21-18-9-5-2-6-13(18)12-20-17-11-10-16(19)14-7-3-4-8-15(14)17/h2-12H,19H2,1H3. The first kappa shape index (κ1) is 13.2. The van der Waals surface area contributed by atoms with Gasteiger partial charge in [0, 0.05) is 28.2 Å². The predicted molar refractivity (Wildman–Crippen MR) is 88.6 cm³/mol. The van der Waals surface area contributed by atoms with Crippen LogP contribution in [0, 0.1) is 0 Å². The molecule has 0 radical (unpaired) electrons. The van der Waals surface area contributed by atoms with Crippen LogP contribution in [0.2, 0.25) is 0 Å². The number of methoxy groups -OCH3 is 1. The Kier molecular flexibility index (Phi) is 3.56. The van der Waals surface area contributed by atoms with E-state index >= 15 is 0 Å². The minimum atomic E-state index is 0.766. The van der Waals surface area contributed by atoms with Crippen molar-refractivity contribution < 1.29 is 4.74 Å². The minimum Gasteiger partial charge on any atom is -0.496 e. The topological polar surface area (TPSA) is 47.6 Å². The van der Waals surface area contributed by atoms with Crippen LogP contribution in [-0.2, 0) is 0 Å². The molecule has 3 heteroatoms. The molecule has 3 rings (SSSR count). The zero-order valence-electron chi connectivity index (χ0n) is 11.8. The van der Waals surface area contributed by atoms with Gasteiger partial charge in [0.25, 0.3) is 0 Å². The van der Waals surface area contributed by atoms with Gasteiger partial charge in [0.05, 0.1) is 12.8 Å². The molecule has 0 heterocycles. The van der Waals surface area contributed by atoms with Crippen molar-refractivity contribution in [1.29, 1.82) is 0 Å². The van der Waals surface area contributed by atoms with Gasteiger partial charge in [-0.15, -0.1) is 0 Å². The van der Waals surface area contributed by atoms with Crippen molar-refractivity contribution in [2.45, 2.75) is 0 Å². The summed E-state index contributed by atoms with van der Waals surface area (Å²) in [7, 11) is 1.66. The lowest BCUT2D eigenvalue weighted by atomic mass is 10.1. The quantitative estimate of drug-likeness (QED) is 0.576. The number of rotatable bonds is 3. The summed E-state index contributed by atoms with van der Waals surface area (Å²) >= 11 is 0. The molecule has 0 saturated carbocycles. The Morgan fingerprint density at radius 3 is 2.43 bits per heavy atom. The fourth-order valence-corrected chi connectivity index (χ4v) is 2.33. The van der Waals surface area contributed by atoms with Crippen LogP contribution >= 0.6 is 0 Å². The second-order valence-electron chi connectivity index (χ2n) is 4.72. The monoisotopic (exact) mass is 276 g/mol. The molecule has 0 unspecified atom stereocenters. The van der Waals surface area contributed by atoms with Gasteiger partial charge < -0.3 is 10.5 Å². The van der Waals surface area contributed by atoms with Gasteiger partial charge in [0.2, 0.25) is 0 Å². The lowest BCUT2D eigenvalue weighted by Gasteiger charge is -2.06. The maximum absolute atomic E-state index is 6.01. The van der Waals surface area contributed by atoms with E-state index in [9.17, 15) is 0 Å². The molecule has 3 aromatic rings. The molecule has 0 aromatic heterocycles. The number of hydrogen-bond acceptors (Lipinski definition) is 3. The van der Waals surface area contributed by atoms with E-state index in [0.29, 0.717) is 0 Å². The third-order valence-corrected chi connectivity index (χ3v) is 3.42. The molecule has 0 bridgehead atoms. The average molecular weight is 276 g/mol. The Labute approximate surface area is 123 Å². The Bertz CT molecular complexity index is 809. The number of nitrogen functional groups attached to an aromatic ring is 1. The minimum absolute atomic E-state index is 0.766. The van der Waals surface area contributed by atoms with Crippen molar-refractivity contribution in [3.8, 4) is 5.75 Å². The molecule has 21 heavy (non-hydrogen) atoms. The number of nitrogens with zero attached hydrogens (tertiary/aromatic N) is 1. The molecular formula is C18H16N2O. The summed E-state index contributed by atoms with van der Waals surface area (Å²) in [5.41, 5.74) is 8.61. The van der Waals surface area contributed by atoms with Crippen molar-refractivity contribution in [1.82, 2.24) is 0 Å². The second kappa shape index (κ2) is 5.67. The summed E-state index contributed by atoms with van der Waals surface area (Å²) in [6.07, 6.45) is 1.82. The molecule has 2 N–H and O–H groups in total. The molecular weight excluding hydrogens is 260 g/mol. The molecule has 0 atom stereocenters. The van der Waals surface area contributed by atoms with E-state index in [-0.39, 0.29) is 0 Å². The molecule has 104 valence electrons. The van der Waals surface area contributed by atoms with E-state index in [0.717, 1.165) is 33.5 Å². The van der Waals surface area contributed by atoms with Crippen LogP contribution in [0.1, 0.15) is 5.56 Å². The summed E-state index contributed by atoms with van der Waals surface area (Å²) in [5, 5.41) is 2.07. The first-order chi connectivity index (χ1) is 10.3. The highest BCUT2D eigenvalue weighted by Crippen LogP contribution is 2.30. The largest absolute Gasteiger partial charge is 0.496 e. The van der Waals surface area contributed by atoms with Gasteiger partial charge in [0.1, 0.15) is 5.75 Å². The Hall–Kier alpha value is -2.81. The molecule has 3 aromatic carbocycles. The van der Waals surface area contributed by atoms with Gasteiger partial charge in [-0.2, -0.15) is 0 Å². The molecule has 0 saturated heterocycles. The number of benzene rings is 3. The summed E-state index contributed by atoms with van der Waals surface area (Å²) in [6.45, 7) is 0. The number of anilines is 1. The van der Waals surface area contributed by atoms with E-state index in [1.54, 1.807) is 7.11 Å². The van der Waals surface area contributed by atoms with E-state index in [1.807, 2.05) is 66.9 Å². The van der Waals surface area contributed by atoms with Crippen LogP contribution in [0.25, 0.3) is 10.8 Å². The van der Waals surface area contributed by atoms with Crippen LogP contribution in [0.5, 0.6) is 5.75 Å². The maximum Gasteiger partial charge on any atom is 0.127 e. The van der Waals surface area contributed by atoms with Gasteiger partial charge in [-0.3, -0.25) is 4.99 Å². The summed E-state index contributed by atoms with van der Waals surface area (Å²) in [5.74, 6) is 0.806. The van der Waals surface area contributed by atoms with Crippen molar-refractivity contribution in [3.63, 3.8) is 0 Å². The Morgan fingerprint density at radius 2 is 1.62 bits per heavy atom. The lowest BCUT2D eigenvalue weighted by Crippen LogP contribution is -1.90. The lowest BCUT2D eigenvalue weighted by molar-refractivity contribution is 0.414. The third-order valence-electron chi connectivity index (χ3n) is 3.42. The van der Waals surface area contributed by atoms with Crippen molar-refractivity contribution in [3.05, 3.63) is 66.2 Å². The van der Waals surface area contributed by atoms with Crippen molar-refractivity contribution in [2.75, 3.05) is 12.8 Å². The molecule has 0 aliphatic heterocycles. The SMILES string of the molecule is COc1ccccc1C=Nc1ccc(N)c2ccccc12. The zero-order chi connectivity index (χ0) is 14.7. The van der Waals surface area contributed by atoms with Crippen LogP contribution < -0.4 is 10.5 Å². The van der Waals surface area contributed by atoms with Gasteiger partial charge in [-0.25, -0.2) is 0 Å².